The van der Waals surface area contributed by atoms with Crippen LogP contribution in [0.4, 0.5) is 11.4 Å². The van der Waals surface area contributed by atoms with Crippen molar-refractivity contribution in [3.8, 4) is 0 Å². The van der Waals surface area contributed by atoms with Gasteiger partial charge in [-0.25, -0.2) is 13.1 Å². The van der Waals surface area contributed by atoms with Gasteiger partial charge in [-0.15, -0.1) is 0 Å². The number of benzene rings is 3. The number of anilines is 2. The number of hydrogen-bond donors (Lipinski definition) is 1. The van der Waals surface area contributed by atoms with Crippen molar-refractivity contribution in [2.24, 2.45) is 0 Å². The Kier molecular flexibility index (Phi) is 6.14. The van der Waals surface area contributed by atoms with Crippen LogP contribution in [0.2, 0.25) is 5.02 Å². The maximum atomic E-state index is 12.5. The van der Waals surface area contributed by atoms with Crippen molar-refractivity contribution < 1.29 is 8.42 Å². The summed E-state index contributed by atoms with van der Waals surface area (Å²) in [5, 5.41) is 0.707. The van der Waals surface area contributed by atoms with Crippen molar-refractivity contribution in [1.82, 2.24) is 4.72 Å². The quantitative estimate of drug-likeness (QED) is 0.532. The van der Waals surface area contributed by atoms with Crippen LogP contribution in [0.5, 0.6) is 0 Å². The number of para-hydroxylation sites is 1. The smallest absolute Gasteiger partial charge is 0.240 e. The van der Waals surface area contributed by atoms with Gasteiger partial charge >= 0.3 is 0 Å². The zero-order chi connectivity index (χ0) is 21.1. The lowest BCUT2D eigenvalue weighted by Crippen LogP contribution is -2.28. The highest BCUT2D eigenvalue weighted by atomic mass is 35.5. The van der Waals surface area contributed by atoms with Crippen molar-refractivity contribution in [2.45, 2.75) is 31.1 Å². The minimum atomic E-state index is -3.50. The van der Waals surface area contributed by atoms with E-state index in [9.17, 15) is 8.42 Å². The van der Waals surface area contributed by atoms with E-state index in [1.807, 2.05) is 37.3 Å². The Morgan fingerprint density at radius 2 is 1.63 bits per heavy atom. The van der Waals surface area contributed by atoms with Gasteiger partial charge in [0.15, 0.2) is 0 Å². The Morgan fingerprint density at radius 1 is 0.933 bits per heavy atom. The molecule has 0 saturated carbocycles. The summed E-state index contributed by atoms with van der Waals surface area (Å²) in [7, 11) is -3.50. The van der Waals surface area contributed by atoms with Crippen LogP contribution in [0.3, 0.4) is 0 Å². The number of nitrogens with one attached hydrogen (secondary N) is 1. The van der Waals surface area contributed by atoms with E-state index < -0.39 is 10.0 Å². The standard InChI is InChI=1S/C24H25ClN2O2S/c1-18-7-13-22(14-8-18)30(28,29)26-15-4-16-27-23-6-3-2-5-19(23)9-10-20-11-12-21(25)17-24(20)27/h2-3,5-8,11-14,17,26H,4,9-10,15-16H2,1H3. The molecule has 4 rings (SSSR count). The third kappa shape index (κ3) is 4.53. The molecule has 0 unspecified atom stereocenters. The van der Waals surface area contributed by atoms with Crippen LogP contribution in [0.15, 0.2) is 71.6 Å². The van der Waals surface area contributed by atoms with Crippen molar-refractivity contribution >= 4 is 33.0 Å². The van der Waals surface area contributed by atoms with Gasteiger partial charge < -0.3 is 4.90 Å². The summed E-state index contributed by atoms with van der Waals surface area (Å²) < 4.78 is 27.8. The van der Waals surface area contributed by atoms with E-state index in [1.54, 1.807) is 12.1 Å². The molecule has 0 bridgehead atoms. The van der Waals surface area contributed by atoms with E-state index in [0.29, 0.717) is 29.4 Å². The summed E-state index contributed by atoms with van der Waals surface area (Å²) >= 11 is 6.30. The molecule has 156 valence electrons. The first-order valence-electron chi connectivity index (χ1n) is 10.1. The minimum Gasteiger partial charge on any atom is -0.341 e. The Bertz CT molecular complexity index is 1140. The first kappa shape index (κ1) is 20.9. The Balaban J connectivity index is 1.50. The van der Waals surface area contributed by atoms with Crippen LogP contribution in [0, 0.1) is 6.92 Å². The highest BCUT2D eigenvalue weighted by Crippen LogP contribution is 2.37. The molecule has 0 spiro atoms. The molecule has 0 saturated heterocycles. The zero-order valence-corrected chi connectivity index (χ0v) is 18.5. The van der Waals surface area contributed by atoms with Crippen LogP contribution in [-0.4, -0.2) is 21.5 Å². The van der Waals surface area contributed by atoms with E-state index in [1.165, 1.54) is 16.8 Å². The monoisotopic (exact) mass is 440 g/mol. The first-order valence-corrected chi connectivity index (χ1v) is 12.0. The Morgan fingerprint density at radius 3 is 2.40 bits per heavy atom. The topological polar surface area (TPSA) is 49.4 Å². The summed E-state index contributed by atoms with van der Waals surface area (Å²) in [4.78, 5) is 2.56. The summed E-state index contributed by atoms with van der Waals surface area (Å²) in [6.45, 7) is 3.00. The van der Waals surface area contributed by atoms with E-state index in [0.717, 1.165) is 24.1 Å². The molecule has 3 aromatic carbocycles. The van der Waals surface area contributed by atoms with Crippen LogP contribution in [-0.2, 0) is 22.9 Å². The van der Waals surface area contributed by atoms with Crippen molar-refractivity contribution in [3.63, 3.8) is 0 Å². The van der Waals surface area contributed by atoms with Gasteiger partial charge in [-0.2, -0.15) is 0 Å². The molecule has 0 amide bonds. The van der Waals surface area contributed by atoms with Crippen molar-refractivity contribution in [1.29, 1.82) is 0 Å². The second-order valence-corrected chi connectivity index (χ2v) is 9.82. The minimum absolute atomic E-state index is 0.297. The fraction of sp³-hybridized carbons (Fsp3) is 0.250. The molecule has 0 radical (unpaired) electrons. The zero-order valence-electron chi connectivity index (χ0n) is 16.9. The number of hydrogen-bond acceptors (Lipinski definition) is 3. The molecular weight excluding hydrogens is 416 g/mol. The Hall–Kier alpha value is -2.34. The van der Waals surface area contributed by atoms with Crippen molar-refractivity contribution in [2.75, 3.05) is 18.0 Å². The van der Waals surface area contributed by atoms with E-state index in [-0.39, 0.29) is 0 Å². The third-order valence-electron chi connectivity index (χ3n) is 5.47. The Labute approximate surface area is 183 Å². The van der Waals surface area contributed by atoms with Crippen LogP contribution >= 0.6 is 11.6 Å². The molecule has 0 aromatic heterocycles. The van der Waals surface area contributed by atoms with Gasteiger partial charge in [-0.05, 0) is 67.6 Å². The van der Waals surface area contributed by atoms with Crippen molar-refractivity contribution in [3.05, 3.63) is 88.4 Å². The van der Waals surface area contributed by atoms with Gasteiger partial charge in [0, 0.05) is 29.5 Å². The lowest BCUT2D eigenvalue weighted by atomic mass is 10.0. The maximum absolute atomic E-state index is 12.5. The summed E-state index contributed by atoms with van der Waals surface area (Å²) in [5.74, 6) is 0. The molecule has 3 aromatic rings. The van der Waals surface area contributed by atoms with Crippen LogP contribution in [0.1, 0.15) is 23.1 Å². The van der Waals surface area contributed by atoms with E-state index >= 15 is 0 Å². The molecule has 1 aliphatic heterocycles. The van der Waals surface area contributed by atoms with Crippen LogP contribution < -0.4 is 9.62 Å². The predicted molar refractivity (Wildman–Crippen MR) is 123 cm³/mol. The lowest BCUT2D eigenvalue weighted by molar-refractivity contribution is 0.579. The average molecular weight is 441 g/mol. The maximum Gasteiger partial charge on any atom is 0.240 e. The van der Waals surface area contributed by atoms with Gasteiger partial charge in [0.25, 0.3) is 0 Å². The normalized spacial score (nSPS) is 13.5. The summed E-state index contributed by atoms with van der Waals surface area (Å²) in [5.41, 5.74) is 5.86. The SMILES string of the molecule is Cc1ccc(S(=O)(=O)NCCCN2c3ccccc3CCc3ccc(Cl)cc32)cc1. The van der Waals surface area contributed by atoms with Gasteiger partial charge in [-0.3, -0.25) is 0 Å². The van der Waals surface area contributed by atoms with Crippen LogP contribution in [0.25, 0.3) is 0 Å². The number of fused-ring (bicyclic) bond motifs is 2. The summed E-state index contributed by atoms with van der Waals surface area (Å²) in [6, 6.07) is 21.3. The molecule has 1 heterocycles. The molecule has 0 fully saturated rings. The highest BCUT2D eigenvalue weighted by molar-refractivity contribution is 7.89. The second kappa shape index (κ2) is 8.80. The van der Waals surface area contributed by atoms with Gasteiger partial charge in [-0.1, -0.05) is 53.6 Å². The lowest BCUT2D eigenvalue weighted by Gasteiger charge is -2.27. The molecule has 4 nitrogen and oxygen atoms in total. The fourth-order valence-corrected chi connectivity index (χ4v) is 5.11. The molecule has 6 heteroatoms. The molecular formula is C24H25ClN2O2S. The molecule has 1 aliphatic rings. The first-order chi connectivity index (χ1) is 14.4. The number of nitrogens with zero attached hydrogens (tertiary/aromatic N) is 1. The van der Waals surface area contributed by atoms with Gasteiger partial charge in [0.2, 0.25) is 10.0 Å². The van der Waals surface area contributed by atoms with E-state index in [4.69, 9.17) is 11.6 Å². The number of aryl methyl sites for hydroxylation is 3. The molecule has 0 atom stereocenters. The fourth-order valence-electron chi connectivity index (χ4n) is 3.87. The molecule has 0 aliphatic carbocycles. The highest BCUT2D eigenvalue weighted by Gasteiger charge is 2.21. The summed E-state index contributed by atoms with van der Waals surface area (Å²) in [6.07, 6.45) is 2.60. The molecule has 1 N–H and O–H groups in total. The predicted octanol–water partition coefficient (Wildman–Crippen LogP) is 5.25. The van der Waals surface area contributed by atoms with E-state index in [2.05, 4.69) is 33.9 Å². The van der Waals surface area contributed by atoms with Gasteiger partial charge in [0.05, 0.1) is 4.90 Å². The number of halogens is 1. The number of rotatable bonds is 6. The second-order valence-electron chi connectivity index (χ2n) is 7.62. The largest absolute Gasteiger partial charge is 0.341 e. The van der Waals surface area contributed by atoms with Gasteiger partial charge in [0.1, 0.15) is 0 Å². The number of sulfonamides is 1. The average Bonchev–Trinajstić information content (AvgIpc) is 2.88. The third-order valence-corrected chi connectivity index (χ3v) is 7.18. The molecule has 30 heavy (non-hydrogen) atoms.